The number of nitrogens with one attached hydrogen (secondary N) is 7. The predicted octanol–water partition coefficient (Wildman–Crippen LogP) is -1.46. The van der Waals surface area contributed by atoms with E-state index in [1.54, 1.807) is 26.1 Å². The molecule has 0 aliphatic carbocycles. The van der Waals surface area contributed by atoms with Crippen LogP contribution in [0.5, 0.6) is 0 Å². The van der Waals surface area contributed by atoms with Crippen LogP contribution in [-0.2, 0) is 57.7 Å². The molecule has 3 aromatic rings. The van der Waals surface area contributed by atoms with Crippen molar-refractivity contribution in [1.82, 2.24) is 51.9 Å². The second-order valence-electron chi connectivity index (χ2n) is 14.9. The number of nitrogens with two attached hydrogens (primary N) is 1. The zero-order valence-electron chi connectivity index (χ0n) is 32.5. The number of primary amides is 1. The maximum absolute atomic E-state index is 14.2. The molecule has 10 N–H and O–H groups in total. The minimum atomic E-state index is -1.51. The first-order valence-electron chi connectivity index (χ1n) is 18.7. The summed E-state index contributed by atoms with van der Waals surface area (Å²) in [7, 11) is 0. The summed E-state index contributed by atoms with van der Waals surface area (Å²) in [4.78, 5) is 109. The highest BCUT2D eigenvalue weighted by molar-refractivity contribution is 5.97. The van der Waals surface area contributed by atoms with Crippen LogP contribution in [0, 0.1) is 11.8 Å². The number of H-pyrrole nitrogens is 1. The summed E-state index contributed by atoms with van der Waals surface area (Å²) in [5.74, 6) is -7.35. The highest BCUT2D eigenvalue weighted by Gasteiger charge is 2.35. The lowest BCUT2D eigenvalue weighted by Gasteiger charge is -2.29. The van der Waals surface area contributed by atoms with Crippen LogP contribution in [0.25, 0.3) is 10.9 Å². The Bertz CT molecular complexity index is 1970. The van der Waals surface area contributed by atoms with Gasteiger partial charge in [0.1, 0.15) is 42.8 Å². The van der Waals surface area contributed by atoms with Crippen molar-refractivity contribution in [2.24, 2.45) is 17.6 Å². The van der Waals surface area contributed by atoms with Gasteiger partial charge in [0.05, 0.1) is 5.69 Å². The second-order valence-corrected chi connectivity index (χ2v) is 14.9. The van der Waals surface area contributed by atoms with Crippen LogP contribution in [0.15, 0.2) is 36.7 Å². The molecule has 7 amide bonds. The Balaban J connectivity index is 1.75. The van der Waals surface area contributed by atoms with Crippen LogP contribution >= 0.6 is 0 Å². The smallest absolute Gasteiger partial charge is 0.303 e. The Morgan fingerprint density at radius 1 is 0.860 bits per heavy atom. The minimum absolute atomic E-state index is 0.0922. The molecule has 2 aromatic heterocycles. The minimum Gasteiger partial charge on any atom is -0.481 e. The van der Waals surface area contributed by atoms with Gasteiger partial charge in [-0.1, -0.05) is 51.1 Å². The Hall–Kier alpha value is -6.34. The van der Waals surface area contributed by atoms with Crippen molar-refractivity contribution in [3.05, 3.63) is 47.9 Å². The number of aromatic nitrogens is 4. The molecule has 0 saturated carbocycles. The largest absolute Gasteiger partial charge is 0.481 e. The molecule has 20 nitrogen and oxygen atoms in total. The third kappa shape index (κ3) is 12.3. The quantitative estimate of drug-likeness (QED) is 0.121. The number of carboxylic acid groups (broad SMARTS) is 1. The average Bonchev–Trinajstić information content (AvgIpc) is 3.76. The number of carbonyl (C=O) groups excluding carboxylic acids is 7. The van der Waals surface area contributed by atoms with E-state index in [2.05, 4.69) is 47.2 Å². The molecule has 1 aliphatic heterocycles. The summed E-state index contributed by atoms with van der Waals surface area (Å²) >= 11 is 0. The van der Waals surface area contributed by atoms with Crippen molar-refractivity contribution in [2.45, 2.75) is 110 Å². The van der Waals surface area contributed by atoms with Crippen LogP contribution in [-0.4, -0.2) is 109 Å². The summed E-state index contributed by atoms with van der Waals surface area (Å²) in [5, 5.41) is 33.7. The van der Waals surface area contributed by atoms with Gasteiger partial charge in [-0.3, -0.25) is 38.4 Å². The van der Waals surface area contributed by atoms with Gasteiger partial charge >= 0.3 is 5.97 Å². The molecule has 1 aromatic carbocycles. The van der Waals surface area contributed by atoms with Crippen molar-refractivity contribution in [1.29, 1.82) is 0 Å². The number of fused-ring (bicyclic) bond motifs is 3. The molecule has 308 valence electrons. The molecule has 2 bridgehead atoms. The van der Waals surface area contributed by atoms with Crippen molar-refractivity contribution < 1.29 is 43.5 Å². The Kier molecular flexibility index (Phi) is 14.8. The Morgan fingerprint density at radius 3 is 2.18 bits per heavy atom. The van der Waals surface area contributed by atoms with E-state index >= 15 is 0 Å². The lowest BCUT2D eigenvalue weighted by molar-refractivity contribution is -0.138. The second kappa shape index (κ2) is 19.5. The standard InChI is InChI=1S/C37H51N11O9/c1-18(2)12-27-35(55)43-28(13-21-15-39-24-9-7-6-8-23(21)24)36(56)41-25(10-11-30(50)51)34(54)42-26(32(38)52)14-22-16-48(47-46-22)17-29(49)40-20(5)33(53)45-31(19(3)4)37(57)44-27/h6-9,15-16,18-20,25-28,31,39H,10-14,17H2,1-5H3,(H2,38,52)(H,40,49)(H,41,56)(H,42,54)(H,43,55)(H,44,57)(H,45,53)(H,50,51)/t20-,25+,26-,27-,28+,31+/m0/s1. The summed E-state index contributed by atoms with van der Waals surface area (Å²) in [6.07, 6.45) is 1.81. The van der Waals surface area contributed by atoms with Crippen LogP contribution < -0.4 is 37.6 Å². The first-order valence-corrected chi connectivity index (χ1v) is 18.7. The van der Waals surface area contributed by atoms with Gasteiger partial charge in [0.2, 0.25) is 41.4 Å². The SMILES string of the molecule is CC(C)C[C@@H]1NC(=O)[C@@H](C(C)C)NC(=O)[C@H](C)NC(=O)Cn2cc(nn2)C[C@@H](C(N)=O)NC(=O)[C@@H](CCC(=O)O)NC(=O)[C@@H](Cc2c[nH]c3ccccc23)NC1=O. The molecule has 0 radical (unpaired) electrons. The molecule has 0 saturated heterocycles. The number of aliphatic carboxylic acids is 1. The number of nitrogens with zero attached hydrogens (tertiary/aromatic N) is 3. The third-order valence-electron chi connectivity index (χ3n) is 9.33. The molecule has 1 aliphatic rings. The van der Waals surface area contributed by atoms with Crippen LogP contribution in [0.1, 0.15) is 65.1 Å². The molecule has 3 heterocycles. The molecule has 4 rings (SSSR count). The van der Waals surface area contributed by atoms with Gasteiger partial charge in [-0.2, -0.15) is 0 Å². The summed E-state index contributed by atoms with van der Waals surface area (Å²) in [6.45, 7) is 8.09. The first-order chi connectivity index (χ1) is 26.9. The van der Waals surface area contributed by atoms with Crippen molar-refractivity contribution in [3.8, 4) is 0 Å². The van der Waals surface area contributed by atoms with Crippen molar-refractivity contribution >= 4 is 58.2 Å². The van der Waals surface area contributed by atoms with E-state index in [0.29, 0.717) is 5.56 Å². The number of carboxylic acids is 1. The first kappa shape index (κ1) is 43.4. The van der Waals surface area contributed by atoms with E-state index in [-0.39, 0.29) is 37.4 Å². The average molecular weight is 794 g/mol. The maximum Gasteiger partial charge on any atom is 0.303 e. The molecular weight excluding hydrogens is 742 g/mol. The Labute approximate surface area is 328 Å². The number of benzene rings is 1. The fraction of sp³-hybridized carbons (Fsp3) is 0.514. The third-order valence-corrected chi connectivity index (χ3v) is 9.33. The van der Waals surface area contributed by atoms with E-state index in [1.165, 1.54) is 13.1 Å². The monoisotopic (exact) mass is 793 g/mol. The van der Waals surface area contributed by atoms with Crippen LogP contribution in [0.2, 0.25) is 0 Å². The number of carbonyl (C=O) groups is 8. The van der Waals surface area contributed by atoms with Crippen LogP contribution in [0.4, 0.5) is 0 Å². The van der Waals surface area contributed by atoms with E-state index < -0.39 is 102 Å². The van der Waals surface area contributed by atoms with Gasteiger partial charge in [0.15, 0.2) is 0 Å². The fourth-order valence-electron chi connectivity index (χ4n) is 6.30. The molecule has 6 atom stereocenters. The molecule has 0 spiro atoms. The highest BCUT2D eigenvalue weighted by Crippen LogP contribution is 2.20. The number of amides is 7. The highest BCUT2D eigenvalue weighted by atomic mass is 16.4. The van der Waals surface area contributed by atoms with Gasteiger partial charge in [-0.05, 0) is 43.2 Å². The van der Waals surface area contributed by atoms with Crippen molar-refractivity contribution in [3.63, 3.8) is 0 Å². The van der Waals surface area contributed by atoms with E-state index in [0.717, 1.165) is 15.6 Å². The van der Waals surface area contributed by atoms with E-state index in [4.69, 9.17) is 5.73 Å². The van der Waals surface area contributed by atoms with Crippen molar-refractivity contribution in [2.75, 3.05) is 0 Å². The maximum atomic E-state index is 14.2. The zero-order valence-corrected chi connectivity index (χ0v) is 32.5. The number of para-hydroxylation sites is 1. The lowest BCUT2D eigenvalue weighted by Crippen LogP contribution is -2.60. The molecular formula is C37H51N11O9. The van der Waals surface area contributed by atoms with Gasteiger partial charge in [0, 0.05) is 42.6 Å². The number of hydrogen-bond donors (Lipinski definition) is 9. The molecule has 0 unspecified atom stereocenters. The lowest BCUT2D eigenvalue weighted by atomic mass is 9.98. The van der Waals surface area contributed by atoms with Gasteiger partial charge in [-0.15, -0.1) is 5.10 Å². The Morgan fingerprint density at radius 2 is 1.51 bits per heavy atom. The van der Waals surface area contributed by atoms with Gasteiger partial charge in [-0.25, -0.2) is 4.68 Å². The van der Waals surface area contributed by atoms with E-state index in [9.17, 15) is 43.5 Å². The predicted molar refractivity (Wildman–Crippen MR) is 203 cm³/mol. The molecule has 57 heavy (non-hydrogen) atoms. The van der Waals surface area contributed by atoms with Crippen LogP contribution in [0.3, 0.4) is 0 Å². The number of rotatable bonds is 9. The summed E-state index contributed by atoms with van der Waals surface area (Å²) < 4.78 is 1.14. The normalized spacial score (nSPS) is 23.6. The molecule has 20 heteroatoms. The summed E-state index contributed by atoms with van der Waals surface area (Å²) in [5.41, 5.74) is 7.14. The summed E-state index contributed by atoms with van der Waals surface area (Å²) in [6, 6.07) is -0.437. The topological polar surface area (TPSA) is 301 Å². The van der Waals surface area contributed by atoms with E-state index in [1.807, 2.05) is 32.0 Å². The zero-order chi connectivity index (χ0) is 42.0. The number of hydrogen-bond acceptors (Lipinski definition) is 10. The fourth-order valence-corrected chi connectivity index (χ4v) is 6.30. The molecule has 0 fully saturated rings. The number of aromatic amines is 1. The van der Waals surface area contributed by atoms with Gasteiger partial charge < -0.3 is 47.7 Å². The van der Waals surface area contributed by atoms with Gasteiger partial charge in [0.25, 0.3) is 0 Å².